The molecule has 1 aliphatic heterocycles. The van der Waals surface area contributed by atoms with E-state index in [0.717, 1.165) is 12.8 Å². The molecule has 1 N–H and O–H groups in total. The number of hydrogen-bond acceptors (Lipinski definition) is 5. The number of halogens is 1. The van der Waals surface area contributed by atoms with Gasteiger partial charge in [0.05, 0.1) is 18.2 Å². The lowest BCUT2D eigenvalue weighted by atomic mass is 10.2. The second-order valence-corrected chi connectivity index (χ2v) is 6.53. The van der Waals surface area contributed by atoms with Gasteiger partial charge >= 0.3 is 0 Å². The average Bonchev–Trinajstić information content (AvgIpc) is 3.37. The van der Waals surface area contributed by atoms with Gasteiger partial charge in [0.25, 0.3) is 11.5 Å². The molecule has 1 saturated heterocycles. The zero-order valence-electron chi connectivity index (χ0n) is 13.9. The number of carbonyl (C=O) groups is 1. The van der Waals surface area contributed by atoms with Crippen molar-refractivity contribution in [2.24, 2.45) is 7.05 Å². The van der Waals surface area contributed by atoms with Crippen molar-refractivity contribution in [3.8, 4) is 0 Å². The van der Waals surface area contributed by atoms with E-state index >= 15 is 0 Å². The molecule has 3 heterocycles. The number of piperazine rings is 1. The molecule has 9 heteroatoms. The van der Waals surface area contributed by atoms with Crippen LogP contribution < -0.4 is 10.5 Å². The molecule has 1 saturated carbocycles. The van der Waals surface area contributed by atoms with Crippen LogP contribution in [-0.4, -0.2) is 56.5 Å². The molecule has 2 fully saturated rings. The zero-order chi connectivity index (χ0) is 17.6. The molecule has 4 rings (SSSR count). The van der Waals surface area contributed by atoms with Gasteiger partial charge in [-0.2, -0.15) is 4.39 Å². The fourth-order valence-electron chi connectivity index (χ4n) is 3.09. The predicted molar refractivity (Wildman–Crippen MR) is 88.1 cm³/mol. The minimum absolute atomic E-state index is 0.0637. The standard InChI is InChI=1S/C16H19FN6O2/c1-21-9-18-8-11(21)15(25)22-4-6-23(7-5-22)16-19-13(10-2-3-10)12(17)14(24)20-16/h8-10H,2-7H2,1H3,(H,19,20,24). The van der Waals surface area contributed by atoms with E-state index in [0.29, 0.717) is 37.8 Å². The van der Waals surface area contributed by atoms with Crippen LogP contribution in [-0.2, 0) is 7.05 Å². The van der Waals surface area contributed by atoms with Crippen molar-refractivity contribution in [2.75, 3.05) is 31.1 Å². The SMILES string of the molecule is Cn1cncc1C(=O)N1CCN(c2nc(C3CC3)c(F)c(=O)[nH]2)CC1. The maximum absolute atomic E-state index is 13.9. The highest BCUT2D eigenvalue weighted by Crippen LogP contribution is 2.39. The van der Waals surface area contributed by atoms with Gasteiger partial charge in [0.2, 0.25) is 11.8 Å². The number of aromatic amines is 1. The van der Waals surface area contributed by atoms with Crippen molar-refractivity contribution in [3.05, 3.63) is 40.1 Å². The first-order valence-corrected chi connectivity index (χ1v) is 8.35. The van der Waals surface area contributed by atoms with Crippen LogP contribution >= 0.6 is 0 Å². The molecule has 8 nitrogen and oxygen atoms in total. The third kappa shape index (κ3) is 2.90. The Morgan fingerprint density at radius 1 is 1.28 bits per heavy atom. The minimum atomic E-state index is -0.767. The molecule has 1 amide bonds. The van der Waals surface area contributed by atoms with E-state index in [1.54, 1.807) is 29.0 Å². The molecule has 0 radical (unpaired) electrons. The first-order valence-electron chi connectivity index (χ1n) is 8.35. The lowest BCUT2D eigenvalue weighted by Gasteiger charge is -2.35. The average molecular weight is 346 g/mol. The number of aryl methyl sites for hydroxylation is 1. The number of nitrogens with zero attached hydrogens (tertiary/aromatic N) is 5. The fourth-order valence-corrected chi connectivity index (χ4v) is 3.09. The van der Waals surface area contributed by atoms with Crippen LogP contribution in [0, 0.1) is 5.82 Å². The van der Waals surface area contributed by atoms with Gasteiger partial charge in [-0.15, -0.1) is 0 Å². The molecule has 0 unspecified atom stereocenters. The van der Waals surface area contributed by atoms with E-state index in [1.165, 1.54) is 0 Å². The highest BCUT2D eigenvalue weighted by Gasteiger charge is 2.31. The Hall–Kier alpha value is -2.71. The highest BCUT2D eigenvalue weighted by atomic mass is 19.1. The number of hydrogen-bond donors (Lipinski definition) is 1. The van der Waals surface area contributed by atoms with E-state index in [9.17, 15) is 14.0 Å². The Labute approximate surface area is 143 Å². The van der Waals surface area contributed by atoms with Crippen molar-refractivity contribution in [2.45, 2.75) is 18.8 Å². The lowest BCUT2D eigenvalue weighted by Crippen LogP contribution is -2.50. The Bertz CT molecular complexity index is 864. The molecular weight excluding hydrogens is 327 g/mol. The molecule has 2 aromatic heterocycles. The Morgan fingerprint density at radius 3 is 2.60 bits per heavy atom. The number of amides is 1. The fraction of sp³-hybridized carbons (Fsp3) is 0.500. The normalized spacial score (nSPS) is 17.8. The molecule has 0 aromatic carbocycles. The van der Waals surface area contributed by atoms with Gasteiger partial charge < -0.3 is 14.4 Å². The molecule has 0 spiro atoms. The third-order valence-corrected chi connectivity index (χ3v) is 4.74. The molecule has 2 aliphatic rings. The number of carbonyl (C=O) groups excluding carboxylic acids is 1. The first-order chi connectivity index (χ1) is 12.0. The van der Waals surface area contributed by atoms with Gasteiger partial charge in [-0.05, 0) is 12.8 Å². The number of rotatable bonds is 3. The Morgan fingerprint density at radius 2 is 2.00 bits per heavy atom. The number of aromatic nitrogens is 4. The summed E-state index contributed by atoms with van der Waals surface area (Å²) < 4.78 is 15.6. The molecule has 25 heavy (non-hydrogen) atoms. The summed E-state index contributed by atoms with van der Waals surface area (Å²) in [7, 11) is 1.78. The third-order valence-electron chi connectivity index (χ3n) is 4.74. The summed E-state index contributed by atoms with van der Waals surface area (Å²) in [4.78, 5) is 38.8. The number of nitrogens with one attached hydrogen (secondary N) is 1. The highest BCUT2D eigenvalue weighted by molar-refractivity contribution is 5.92. The summed E-state index contributed by atoms with van der Waals surface area (Å²) in [6.07, 6.45) is 4.89. The molecule has 1 aliphatic carbocycles. The van der Waals surface area contributed by atoms with Gasteiger partial charge in [0.15, 0.2) is 0 Å². The summed E-state index contributed by atoms with van der Waals surface area (Å²) >= 11 is 0. The summed E-state index contributed by atoms with van der Waals surface area (Å²) in [5, 5.41) is 0. The van der Waals surface area contributed by atoms with Crippen LogP contribution in [0.5, 0.6) is 0 Å². The van der Waals surface area contributed by atoms with Crippen LogP contribution in [0.1, 0.15) is 34.9 Å². The van der Waals surface area contributed by atoms with Crippen molar-refractivity contribution in [1.29, 1.82) is 0 Å². The Kier molecular flexibility index (Phi) is 3.78. The monoisotopic (exact) mass is 346 g/mol. The van der Waals surface area contributed by atoms with Gasteiger partial charge in [-0.25, -0.2) is 9.97 Å². The second kappa shape index (κ2) is 5.98. The summed E-state index contributed by atoms with van der Waals surface area (Å²) in [6, 6.07) is 0. The van der Waals surface area contributed by atoms with Gasteiger partial charge in [0, 0.05) is 39.1 Å². The van der Waals surface area contributed by atoms with Gasteiger partial charge in [-0.1, -0.05) is 0 Å². The molecule has 0 atom stereocenters. The predicted octanol–water partition coefficient (Wildman–Crippen LogP) is 0.482. The van der Waals surface area contributed by atoms with Crippen molar-refractivity contribution in [3.63, 3.8) is 0 Å². The van der Waals surface area contributed by atoms with E-state index in [1.807, 2.05) is 4.90 Å². The quantitative estimate of drug-likeness (QED) is 0.874. The molecule has 0 bridgehead atoms. The smallest absolute Gasteiger partial charge is 0.288 e. The first kappa shape index (κ1) is 15.8. The summed E-state index contributed by atoms with van der Waals surface area (Å²) in [5.41, 5.74) is 0.0882. The number of anilines is 1. The Balaban J connectivity index is 1.48. The van der Waals surface area contributed by atoms with Crippen molar-refractivity contribution < 1.29 is 9.18 Å². The van der Waals surface area contributed by atoms with Crippen LogP contribution in [0.2, 0.25) is 0 Å². The van der Waals surface area contributed by atoms with Crippen LogP contribution in [0.15, 0.2) is 17.3 Å². The van der Waals surface area contributed by atoms with E-state index < -0.39 is 11.4 Å². The summed E-state index contributed by atoms with van der Waals surface area (Å²) in [5.74, 6) is -0.384. The van der Waals surface area contributed by atoms with Crippen LogP contribution in [0.4, 0.5) is 10.3 Å². The maximum Gasteiger partial charge on any atom is 0.288 e. The number of H-pyrrole nitrogens is 1. The molecule has 132 valence electrons. The van der Waals surface area contributed by atoms with E-state index in [-0.39, 0.29) is 17.5 Å². The van der Waals surface area contributed by atoms with Gasteiger partial charge in [-0.3, -0.25) is 14.6 Å². The maximum atomic E-state index is 13.9. The van der Waals surface area contributed by atoms with Crippen molar-refractivity contribution >= 4 is 11.9 Å². The minimum Gasteiger partial charge on any atom is -0.339 e. The molecule has 2 aromatic rings. The van der Waals surface area contributed by atoms with E-state index in [4.69, 9.17) is 0 Å². The largest absolute Gasteiger partial charge is 0.339 e. The second-order valence-electron chi connectivity index (χ2n) is 6.53. The van der Waals surface area contributed by atoms with E-state index in [2.05, 4.69) is 15.0 Å². The van der Waals surface area contributed by atoms with Crippen LogP contribution in [0.3, 0.4) is 0 Å². The molecular formula is C16H19FN6O2. The summed E-state index contributed by atoms with van der Waals surface area (Å²) in [6.45, 7) is 2.07. The lowest BCUT2D eigenvalue weighted by molar-refractivity contribution is 0.0736. The van der Waals surface area contributed by atoms with Crippen molar-refractivity contribution in [1.82, 2.24) is 24.4 Å². The topological polar surface area (TPSA) is 87.1 Å². The number of imidazole rings is 1. The van der Waals surface area contributed by atoms with Gasteiger partial charge in [0.1, 0.15) is 5.69 Å². The zero-order valence-corrected chi connectivity index (χ0v) is 13.9. The van der Waals surface area contributed by atoms with Crippen LogP contribution in [0.25, 0.3) is 0 Å².